The van der Waals surface area contributed by atoms with Crippen molar-refractivity contribution in [3.05, 3.63) is 29.8 Å². The number of rotatable bonds is 6. The van der Waals surface area contributed by atoms with Crippen LogP contribution >= 0.6 is 0 Å². The van der Waals surface area contributed by atoms with Gasteiger partial charge in [-0.25, -0.2) is 8.42 Å². The van der Waals surface area contributed by atoms with Crippen LogP contribution in [0.2, 0.25) is 0 Å². The zero-order valence-corrected chi connectivity index (χ0v) is 11.3. The van der Waals surface area contributed by atoms with Gasteiger partial charge in [-0.2, -0.15) is 13.2 Å². The molecule has 3 nitrogen and oxygen atoms in total. The minimum absolute atomic E-state index is 0.0327. The first-order valence-corrected chi connectivity index (χ1v) is 7.64. The van der Waals surface area contributed by atoms with Gasteiger partial charge >= 0.3 is 6.18 Å². The van der Waals surface area contributed by atoms with Crippen molar-refractivity contribution in [2.24, 2.45) is 0 Å². The van der Waals surface area contributed by atoms with Gasteiger partial charge in [-0.15, -0.1) is 0 Å². The van der Waals surface area contributed by atoms with Crippen molar-refractivity contribution >= 4 is 9.84 Å². The lowest BCUT2D eigenvalue weighted by atomic mass is 10.2. The van der Waals surface area contributed by atoms with E-state index in [4.69, 9.17) is 0 Å². The van der Waals surface area contributed by atoms with Gasteiger partial charge in [-0.3, -0.25) is 0 Å². The Hall–Kier alpha value is -1.08. The Kier molecular flexibility index (Phi) is 5.37. The third-order valence-electron chi connectivity index (χ3n) is 2.49. The van der Waals surface area contributed by atoms with Crippen molar-refractivity contribution in [2.45, 2.75) is 30.5 Å². The smallest absolute Gasteiger partial charge is 0.313 e. The first kappa shape index (κ1) is 16.0. The third kappa shape index (κ3) is 6.58. The Morgan fingerprint density at radius 1 is 1.16 bits per heavy atom. The van der Waals surface area contributed by atoms with E-state index in [1.165, 1.54) is 12.1 Å². The summed E-state index contributed by atoms with van der Waals surface area (Å²) >= 11 is 0. The van der Waals surface area contributed by atoms with Crippen LogP contribution in [0.3, 0.4) is 0 Å². The Balaban J connectivity index is 2.35. The normalized spacial score (nSPS) is 12.6. The van der Waals surface area contributed by atoms with E-state index in [9.17, 15) is 21.6 Å². The lowest BCUT2D eigenvalue weighted by molar-refractivity contribution is -0.135. The van der Waals surface area contributed by atoms with E-state index in [-0.39, 0.29) is 17.9 Å². The lowest BCUT2D eigenvalue weighted by Crippen LogP contribution is -2.17. The highest BCUT2D eigenvalue weighted by Crippen LogP contribution is 2.20. The molecule has 0 aliphatic rings. The average molecular weight is 295 g/mol. The van der Waals surface area contributed by atoms with Crippen molar-refractivity contribution < 1.29 is 21.6 Å². The predicted octanol–water partition coefficient (Wildman–Crippen LogP) is 2.52. The Labute approximate surface area is 110 Å². The average Bonchev–Trinajstić information content (AvgIpc) is 2.26. The molecule has 0 fully saturated rings. The predicted molar refractivity (Wildman–Crippen MR) is 66.5 cm³/mol. The molecule has 1 N–H and O–H groups in total. The second kappa shape index (κ2) is 6.38. The van der Waals surface area contributed by atoms with Crippen LogP contribution in [0.25, 0.3) is 0 Å². The first-order valence-electron chi connectivity index (χ1n) is 5.75. The molecule has 0 radical (unpaired) electrons. The maximum atomic E-state index is 11.9. The molecule has 0 spiro atoms. The minimum Gasteiger partial charge on any atom is -0.313 e. The molecule has 0 amide bonds. The Morgan fingerprint density at radius 2 is 1.74 bits per heavy atom. The monoisotopic (exact) mass is 295 g/mol. The lowest BCUT2D eigenvalue weighted by Gasteiger charge is -2.07. The van der Waals surface area contributed by atoms with E-state index in [0.29, 0.717) is 6.54 Å². The van der Waals surface area contributed by atoms with Crippen LogP contribution < -0.4 is 5.32 Å². The minimum atomic E-state index is -4.11. The standard InChI is InChI=1S/C12H16F3NO2S/c1-19(17,18)11-5-3-10(4-6-11)9-16-8-2-7-12(13,14)15/h3-6,16H,2,7-9H2,1H3. The first-order chi connectivity index (χ1) is 8.68. The fourth-order valence-electron chi connectivity index (χ4n) is 1.50. The van der Waals surface area contributed by atoms with Gasteiger partial charge in [-0.05, 0) is 30.7 Å². The molecule has 0 saturated carbocycles. The van der Waals surface area contributed by atoms with Gasteiger partial charge in [0.25, 0.3) is 0 Å². The molecular weight excluding hydrogens is 279 g/mol. The highest BCUT2D eigenvalue weighted by molar-refractivity contribution is 7.90. The molecule has 1 aromatic carbocycles. The van der Waals surface area contributed by atoms with Crippen molar-refractivity contribution in [2.75, 3.05) is 12.8 Å². The highest BCUT2D eigenvalue weighted by atomic mass is 32.2. The summed E-state index contributed by atoms with van der Waals surface area (Å²) in [5.74, 6) is 0. The zero-order chi connectivity index (χ0) is 14.5. The molecule has 0 saturated heterocycles. The van der Waals surface area contributed by atoms with E-state index in [1.54, 1.807) is 12.1 Å². The number of benzene rings is 1. The number of hydrogen-bond acceptors (Lipinski definition) is 3. The third-order valence-corrected chi connectivity index (χ3v) is 3.62. The fourth-order valence-corrected chi connectivity index (χ4v) is 2.13. The molecule has 1 aromatic rings. The summed E-state index contributed by atoms with van der Waals surface area (Å²) in [6.07, 6.45) is -3.76. The summed E-state index contributed by atoms with van der Waals surface area (Å²) in [4.78, 5) is 0.230. The summed E-state index contributed by atoms with van der Waals surface area (Å²) in [5, 5.41) is 2.88. The molecule has 19 heavy (non-hydrogen) atoms. The van der Waals surface area contributed by atoms with Gasteiger partial charge in [0.2, 0.25) is 0 Å². The number of hydrogen-bond donors (Lipinski definition) is 1. The van der Waals surface area contributed by atoms with Crippen LogP contribution in [-0.2, 0) is 16.4 Å². The summed E-state index contributed by atoms with van der Waals surface area (Å²) in [6, 6.07) is 6.27. The molecule has 1 rings (SSSR count). The second-order valence-corrected chi connectivity index (χ2v) is 6.33. The molecule has 0 bridgehead atoms. The maximum absolute atomic E-state index is 11.9. The molecule has 0 aliphatic heterocycles. The van der Waals surface area contributed by atoms with Crippen LogP contribution in [0.4, 0.5) is 13.2 Å². The molecule has 0 aromatic heterocycles. The summed E-state index contributed by atoms with van der Waals surface area (Å²) in [5.41, 5.74) is 0.833. The van der Waals surface area contributed by atoms with Gasteiger partial charge in [-0.1, -0.05) is 12.1 Å². The van der Waals surface area contributed by atoms with Crippen LogP contribution in [0.1, 0.15) is 18.4 Å². The van der Waals surface area contributed by atoms with E-state index in [2.05, 4.69) is 5.32 Å². The van der Waals surface area contributed by atoms with Gasteiger partial charge in [0.05, 0.1) is 4.90 Å². The van der Waals surface area contributed by atoms with Crippen molar-refractivity contribution in [3.8, 4) is 0 Å². The van der Waals surface area contributed by atoms with Crippen LogP contribution in [-0.4, -0.2) is 27.4 Å². The van der Waals surface area contributed by atoms with Crippen LogP contribution in [0, 0.1) is 0 Å². The molecule has 0 unspecified atom stereocenters. The highest BCUT2D eigenvalue weighted by Gasteiger charge is 2.25. The molecule has 0 heterocycles. The number of alkyl halides is 3. The number of halogens is 3. The van der Waals surface area contributed by atoms with E-state index in [0.717, 1.165) is 11.8 Å². The number of nitrogens with one attached hydrogen (secondary N) is 1. The number of sulfone groups is 1. The van der Waals surface area contributed by atoms with Crippen molar-refractivity contribution in [1.29, 1.82) is 0 Å². The van der Waals surface area contributed by atoms with Crippen molar-refractivity contribution in [1.82, 2.24) is 5.32 Å². The van der Waals surface area contributed by atoms with Gasteiger partial charge in [0.15, 0.2) is 9.84 Å². The second-order valence-electron chi connectivity index (χ2n) is 4.31. The van der Waals surface area contributed by atoms with E-state index >= 15 is 0 Å². The molecule has 0 aliphatic carbocycles. The van der Waals surface area contributed by atoms with Gasteiger partial charge in [0, 0.05) is 19.2 Å². The summed E-state index contributed by atoms with van der Waals surface area (Å²) in [6.45, 7) is 0.690. The maximum Gasteiger partial charge on any atom is 0.389 e. The van der Waals surface area contributed by atoms with E-state index in [1.807, 2.05) is 0 Å². The summed E-state index contributed by atoms with van der Waals surface area (Å²) < 4.78 is 58.1. The summed E-state index contributed by atoms with van der Waals surface area (Å²) in [7, 11) is -3.21. The largest absolute Gasteiger partial charge is 0.389 e. The Bertz CT molecular complexity index is 495. The van der Waals surface area contributed by atoms with Crippen LogP contribution in [0.5, 0.6) is 0 Å². The van der Waals surface area contributed by atoms with Gasteiger partial charge in [0.1, 0.15) is 0 Å². The Morgan fingerprint density at radius 3 is 2.21 bits per heavy atom. The van der Waals surface area contributed by atoms with Crippen molar-refractivity contribution in [3.63, 3.8) is 0 Å². The quantitative estimate of drug-likeness (QED) is 0.820. The molecule has 0 atom stereocenters. The molecule has 108 valence electrons. The molecule has 7 heteroatoms. The fraction of sp³-hybridized carbons (Fsp3) is 0.500. The SMILES string of the molecule is CS(=O)(=O)c1ccc(CNCCCC(F)(F)F)cc1. The van der Waals surface area contributed by atoms with E-state index < -0.39 is 22.4 Å². The molecular formula is C12H16F3NO2S. The zero-order valence-electron chi connectivity index (χ0n) is 10.5. The van der Waals surface area contributed by atoms with Gasteiger partial charge < -0.3 is 5.32 Å². The topological polar surface area (TPSA) is 46.2 Å². The van der Waals surface area contributed by atoms with Crippen LogP contribution in [0.15, 0.2) is 29.2 Å².